The number of hydrogen-bond acceptors (Lipinski definition) is 5. The molecule has 0 saturated carbocycles. The average Bonchev–Trinajstić information content (AvgIpc) is 3.09. The van der Waals surface area contributed by atoms with Crippen LogP contribution in [0, 0.1) is 6.92 Å². The van der Waals surface area contributed by atoms with E-state index in [0.29, 0.717) is 16.8 Å². The van der Waals surface area contributed by atoms with Crippen LogP contribution in [-0.4, -0.2) is 38.6 Å². The second kappa shape index (κ2) is 8.26. The lowest BCUT2D eigenvalue weighted by Gasteiger charge is -2.16. The zero-order valence-electron chi connectivity index (χ0n) is 15.2. The van der Waals surface area contributed by atoms with E-state index in [4.69, 9.17) is 5.73 Å². The van der Waals surface area contributed by atoms with Gasteiger partial charge >= 0.3 is 0 Å². The molecule has 142 valence electrons. The molecule has 0 fully saturated rings. The van der Waals surface area contributed by atoms with Crippen molar-refractivity contribution in [2.75, 3.05) is 0 Å². The summed E-state index contributed by atoms with van der Waals surface area (Å²) in [5, 5.41) is 2.63. The lowest BCUT2D eigenvalue weighted by atomic mass is 10.0. The number of nitrogens with zero attached hydrogens (tertiary/aromatic N) is 2. The first-order chi connectivity index (χ1) is 13.5. The summed E-state index contributed by atoms with van der Waals surface area (Å²) in [6.07, 6.45) is 4.65. The van der Waals surface area contributed by atoms with Crippen molar-refractivity contribution in [3.8, 4) is 11.3 Å². The number of nitrogens with two attached hydrogens (primary N) is 1. The lowest BCUT2D eigenvalue weighted by Crippen LogP contribution is -2.47. The van der Waals surface area contributed by atoms with Gasteiger partial charge in [-0.1, -0.05) is 30.3 Å². The first-order valence-electron chi connectivity index (χ1n) is 8.60. The van der Waals surface area contributed by atoms with E-state index in [0.717, 1.165) is 11.3 Å². The Morgan fingerprint density at radius 1 is 1.18 bits per heavy atom. The molecule has 3 rings (SSSR count). The van der Waals surface area contributed by atoms with E-state index in [-0.39, 0.29) is 6.42 Å². The predicted molar refractivity (Wildman–Crippen MR) is 102 cm³/mol. The van der Waals surface area contributed by atoms with Crippen molar-refractivity contribution >= 4 is 17.6 Å². The van der Waals surface area contributed by atoms with Gasteiger partial charge < -0.3 is 16.0 Å². The number of aromatic amines is 1. The van der Waals surface area contributed by atoms with Gasteiger partial charge in [0.25, 0.3) is 11.8 Å². The Morgan fingerprint density at radius 2 is 1.93 bits per heavy atom. The molecule has 2 heterocycles. The quantitative estimate of drug-likeness (QED) is 0.532. The zero-order chi connectivity index (χ0) is 20.1. The molecule has 0 radical (unpaired) electrons. The fraction of sp³-hybridized carbons (Fsp3) is 0.150. The van der Waals surface area contributed by atoms with E-state index in [1.165, 1.54) is 12.5 Å². The molecule has 2 amide bonds. The highest BCUT2D eigenvalue weighted by molar-refractivity contribution is 6.38. The lowest BCUT2D eigenvalue weighted by molar-refractivity contribution is -0.137. The molecule has 28 heavy (non-hydrogen) atoms. The van der Waals surface area contributed by atoms with E-state index < -0.39 is 23.6 Å². The Labute approximate surface area is 161 Å². The number of carbonyl (C=O) groups excluding carboxylic acids is 3. The Balaban J connectivity index is 1.89. The molecule has 2 aromatic heterocycles. The maximum atomic E-state index is 12.9. The second-order valence-electron chi connectivity index (χ2n) is 6.24. The molecule has 1 aromatic carbocycles. The van der Waals surface area contributed by atoms with Crippen molar-refractivity contribution in [3.05, 3.63) is 71.9 Å². The first-order valence-corrected chi connectivity index (χ1v) is 8.60. The topological polar surface area (TPSA) is 131 Å². The molecular formula is C20H19N5O3. The second-order valence-corrected chi connectivity index (χ2v) is 6.24. The Kier molecular flexibility index (Phi) is 5.59. The van der Waals surface area contributed by atoms with Crippen molar-refractivity contribution in [3.63, 3.8) is 0 Å². The molecule has 3 aromatic rings. The number of aromatic nitrogens is 3. The number of amides is 2. The van der Waals surface area contributed by atoms with Crippen LogP contribution in [0.3, 0.4) is 0 Å². The van der Waals surface area contributed by atoms with E-state index in [1.807, 2.05) is 25.1 Å². The Bertz CT molecular complexity index is 999. The highest BCUT2D eigenvalue weighted by Gasteiger charge is 2.27. The van der Waals surface area contributed by atoms with Crippen molar-refractivity contribution in [2.24, 2.45) is 5.73 Å². The van der Waals surface area contributed by atoms with E-state index in [9.17, 15) is 14.4 Å². The number of benzene rings is 1. The molecule has 4 N–H and O–H groups in total. The zero-order valence-corrected chi connectivity index (χ0v) is 15.2. The van der Waals surface area contributed by atoms with Gasteiger partial charge in [0.2, 0.25) is 5.78 Å². The SMILES string of the molecule is Cc1[nH]cc(C(=O)NC(Cc2ccccc2)C(=O)C(N)=O)c1-c1ccncn1. The summed E-state index contributed by atoms with van der Waals surface area (Å²) in [5.41, 5.74) is 8.19. The fourth-order valence-corrected chi connectivity index (χ4v) is 2.94. The minimum atomic E-state index is -1.09. The summed E-state index contributed by atoms with van der Waals surface area (Å²) in [6, 6.07) is 9.69. The predicted octanol–water partition coefficient (Wildman–Crippen LogP) is 1.18. The number of rotatable bonds is 7. The highest BCUT2D eigenvalue weighted by atomic mass is 16.2. The van der Waals surface area contributed by atoms with Crippen LogP contribution >= 0.6 is 0 Å². The smallest absolute Gasteiger partial charge is 0.287 e. The summed E-state index contributed by atoms with van der Waals surface area (Å²) in [6.45, 7) is 1.81. The van der Waals surface area contributed by atoms with Gasteiger partial charge in [0.1, 0.15) is 12.4 Å². The van der Waals surface area contributed by atoms with Gasteiger partial charge in [0, 0.05) is 30.1 Å². The number of ketones is 1. The third kappa shape index (κ3) is 4.12. The first kappa shape index (κ1) is 19.0. The van der Waals surface area contributed by atoms with Crippen LogP contribution in [0.25, 0.3) is 11.3 Å². The minimum Gasteiger partial charge on any atom is -0.364 e. The molecule has 0 aliphatic carbocycles. The number of Topliss-reactive ketones (excluding diaryl/α,β-unsaturated/α-hetero) is 1. The summed E-state index contributed by atoms with van der Waals surface area (Å²) in [5.74, 6) is -2.45. The monoisotopic (exact) mass is 377 g/mol. The number of nitrogens with one attached hydrogen (secondary N) is 2. The molecular weight excluding hydrogens is 358 g/mol. The van der Waals surface area contributed by atoms with E-state index in [1.54, 1.807) is 24.4 Å². The van der Waals surface area contributed by atoms with E-state index >= 15 is 0 Å². The van der Waals surface area contributed by atoms with Crippen LogP contribution < -0.4 is 11.1 Å². The number of hydrogen-bond donors (Lipinski definition) is 3. The van der Waals surface area contributed by atoms with Crippen LogP contribution in [0.2, 0.25) is 0 Å². The van der Waals surface area contributed by atoms with Gasteiger partial charge in [-0.3, -0.25) is 14.4 Å². The van der Waals surface area contributed by atoms with Crippen molar-refractivity contribution in [1.29, 1.82) is 0 Å². The fourth-order valence-electron chi connectivity index (χ4n) is 2.94. The van der Waals surface area contributed by atoms with Gasteiger partial charge in [-0.15, -0.1) is 0 Å². The van der Waals surface area contributed by atoms with Crippen LogP contribution in [0.15, 0.2) is 55.1 Å². The van der Waals surface area contributed by atoms with Crippen LogP contribution in [0.4, 0.5) is 0 Å². The van der Waals surface area contributed by atoms with Crippen molar-refractivity contribution in [1.82, 2.24) is 20.3 Å². The molecule has 1 unspecified atom stereocenters. The summed E-state index contributed by atoms with van der Waals surface area (Å²) in [7, 11) is 0. The number of carbonyl (C=O) groups is 3. The van der Waals surface area contributed by atoms with E-state index in [2.05, 4.69) is 20.3 Å². The molecule has 8 nitrogen and oxygen atoms in total. The van der Waals surface area contributed by atoms with Gasteiger partial charge in [-0.2, -0.15) is 0 Å². The minimum absolute atomic E-state index is 0.153. The summed E-state index contributed by atoms with van der Waals surface area (Å²) in [4.78, 5) is 47.7. The molecule has 1 atom stereocenters. The van der Waals surface area contributed by atoms with Crippen LogP contribution in [0.1, 0.15) is 21.6 Å². The molecule has 0 saturated heterocycles. The molecule has 0 aliphatic rings. The highest BCUT2D eigenvalue weighted by Crippen LogP contribution is 2.25. The summed E-state index contributed by atoms with van der Waals surface area (Å²) >= 11 is 0. The molecule has 0 spiro atoms. The normalized spacial score (nSPS) is 11.6. The Hall–Kier alpha value is -3.81. The number of H-pyrrole nitrogens is 1. The molecule has 0 bridgehead atoms. The number of primary amides is 1. The molecule has 0 aliphatic heterocycles. The van der Waals surface area contributed by atoms with Crippen LogP contribution in [-0.2, 0) is 16.0 Å². The van der Waals surface area contributed by atoms with Gasteiger partial charge in [-0.05, 0) is 18.6 Å². The molecule has 8 heteroatoms. The van der Waals surface area contributed by atoms with Gasteiger partial charge in [-0.25, -0.2) is 9.97 Å². The van der Waals surface area contributed by atoms with Gasteiger partial charge in [0.05, 0.1) is 11.3 Å². The third-order valence-corrected chi connectivity index (χ3v) is 4.31. The maximum Gasteiger partial charge on any atom is 0.287 e. The van der Waals surface area contributed by atoms with Crippen molar-refractivity contribution in [2.45, 2.75) is 19.4 Å². The summed E-state index contributed by atoms with van der Waals surface area (Å²) < 4.78 is 0. The van der Waals surface area contributed by atoms with Crippen LogP contribution in [0.5, 0.6) is 0 Å². The number of aryl methyl sites for hydroxylation is 1. The third-order valence-electron chi connectivity index (χ3n) is 4.31. The van der Waals surface area contributed by atoms with Crippen molar-refractivity contribution < 1.29 is 14.4 Å². The largest absolute Gasteiger partial charge is 0.364 e. The van der Waals surface area contributed by atoms with Gasteiger partial charge in [0.15, 0.2) is 0 Å². The standard InChI is InChI=1S/C20H19N5O3/c1-12-17(15-7-8-22-11-24-15)14(10-23-12)20(28)25-16(18(26)19(21)27)9-13-5-3-2-4-6-13/h2-8,10-11,16,23H,9H2,1H3,(H2,21,27)(H,25,28). The average molecular weight is 377 g/mol. The maximum absolute atomic E-state index is 12.9. The Morgan fingerprint density at radius 3 is 2.57 bits per heavy atom.